The Morgan fingerprint density at radius 3 is 3.00 bits per heavy atom. The van der Waals surface area contributed by atoms with Gasteiger partial charge in [-0.2, -0.15) is 5.10 Å². The van der Waals surface area contributed by atoms with E-state index in [-0.39, 0.29) is 18.2 Å². The molecule has 0 radical (unpaired) electrons. The van der Waals surface area contributed by atoms with Crippen molar-refractivity contribution in [3.63, 3.8) is 0 Å². The van der Waals surface area contributed by atoms with Crippen LogP contribution in [0.15, 0.2) is 52.0 Å². The Morgan fingerprint density at radius 2 is 2.18 bits per heavy atom. The number of ether oxygens (including phenoxy) is 1. The molecule has 10 nitrogen and oxygen atoms in total. The summed E-state index contributed by atoms with van der Waals surface area (Å²) >= 11 is 0. The molecule has 4 aromatic rings. The molecule has 4 rings (SSSR count). The highest BCUT2D eigenvalue weighted by atomic mass is 16.5. The number of amides is 1. The van der Waals surface area contributed by atoms with Gasteiger partial charge in [0.2, 0.25) is 5.89 Å². The maximum Gasteiger partial charge on any atom is 0.340 e. The van der Waals surface area contributed by atoms with E-state index in [4.69, 9.17) is 9.15 Å². The minimum atomic E-state index is -0.510. The Labute approximate surface area is 158 Å². The highest BCUT2D eigenvalue weighted by Crippen LogP contribution is 2.23. The van der Waals surface area contributed by atoms with E-state index in [0.717, 1.165) is 10.9 Å². The molecule has 0 unspecified atom stereocenters. The summed E-state index contributed by atoms with van der Waals surface area (Å²) in [5, 5.41) is 9.65. The third kappa shape index (κ3) is 3.61. The van der Waals surface area contributed by atoms with Crippen LogP contribution in [-0.2, 0) is 6.61 Å². The van der Waals surface area contributed by atoms with E-state index in [1.807, 2.05) is 24.3 Å². The van der Waals surface area contributed by atoms with Crippen molar-refractivity contribution in [1.29, 1.82) is 0 Å². The van der Waals surface area contributed by atoms with Gasteiger partial charge in [-0.05, 0) is 19.1 Å². The summed E-state index contributed by atoms with van der Waals surface area (Å²) in [5.41, 5.74) is 0.385. The molecular weight excluding hydrogens is 364 g/mol. The van der Waals surface area contributed by atoms with Crippen LogP contribution in [0.2, 0.25) is 0 Å². The van der Waals surface area contributed by atoms with E-state index in [1.54, 1.807) is 19.2 Å². The molecule has 0 spiro atoms. The number of hydrogen-bond acceptors (Lipinski definition) is 7. The molecule has 0 saturated carbocycles. The normalized spacial score (nSPS) is 12.0. The van der Waals surface area contributed by atoms with E-state index >= 15 is 0 Å². The van der Waals surface area contributed by atoms with Crippen LogP contribution in [0.4, 0.5) is 0 Å². The molecule has 1 atom stereocenters. The maximum absolute atomic E-state index is 12.3. The zero-order chi connectivity index (χ0) is 19.5. The number of oxazole rings is 1. The Morgan fingerprint density at radius 1 is 1.32 bits per heavy atom. The molecule has 0 aliphatic rings. The van der Waals surface area contributed by atoms with Crippen LogP contribution in [0.3, 0.4) is 0 Å². The van der Waals surface area contributed by atoms with Gasteiger partial charge in [0.25, 0.3) is 5.91 Å². The molecule has 1 aromatic carbocycles. The fraction of sp³-hybridized carbons (Fsp3) is 0.167. The maximum atomic E-state index is 12.3. The standard InChI is InChI=1S/C18H16N6O4/c1-10(16-22-18(26)24-23-16)20-17(25)12-8-28-14(21-12)9-27-13-6-2-4-11-5-3-7-19-15(11)13/h2-8,10H,9H2,1H3,(H,20,25)(H2,22,23,24,26)/t10-/m1/s1. The Hall–Kier alpha value is -3.95. The molecule has 3 aromatic heterocycles. The van der Waals surface area contributed by atoms with Crippen LogP contribution >= 0.6 is 0 Å². The molecule has 0 saturated heterocycles. The van der Waals surface area contributed by atoms with Crippen molar-refractivity contribution < 1.29 is 13.9 Å². The predicted molar refractivity (Wildman–Crippen MR) is 97.7 cm³/mol. The SMILES string of the molecule is C[C@@H](NC(=O)c1coc(COc2cccc3cccnc23)n1)c1n[nH]c(=O)[nH]1. The van der Waals surface area contributed by atoms with Gasteiger partial charge in [-0.15, -0.1) is 0 Å². The second-order valence-electron chi connectivity index (χ2n) is 6.00. The number of aromatic nitrogens is 5. The molecule has 1 amide bonds. The van der Waals surface area contributed by atoms with Crippen molar-refractivity contribution in [3.8, 4) is 5.75 Å². The van der Waals surface area contributed by atoms with Gasteiger partial charge in [0.1, 0.15) is 17.5 Å². The van der Waals surface area contributed by atoms with Gasteiger partial charge >= 0.3 is 5.69 Å². The van der Waals surface area contributed by atoms with Crippen LogP contribution in [0.5, 0.6) is 5.75 Å². The van der Waals surface area contributed by atoms with Crippen LogP contribution in [0, 0.1) is 0 Å². The summed E-state index contributed by atoms with van der Waals surface area (Å²) in [5.74, 6) is 0.698. The minimum Gasteiger partial charge on any atom is -0.482 e. The van der Waals surface area contributed by atoms with Crippen LogP contribution in [0.1, 0.15) is 35.2 Å². The first-order valence-corrected chi connectivity index (χ1v) is 8.46. The smallest absolute Gasteiger partial charge is 0.340 e. The van der Waals surface area contributed by atoms with Gasteiger partial charge in [-0.25, -0.2) is 14.9 Å². The lowest BCUT2D eigenvalue weighted by atomic mass is 10.2. The van der Waals surface area contributed by atoms with Crippen molar-refractivity contribution in [2.75, 3.05) is 0 Å². The molecule has 0 fully saturated rings. The first-order chi connectivity index (χ1) is 13.6. The van der Waals surface area contributed by atoms with Gasteiger partial charge in [-0.3, -0.25) is 14.8 Å². The molecule has 3 N–H and O–H groups in total. The summed E-state index contributed by atoms with van der Waals surface area (Å²) < 4.78 is 11.1. The molecule has 0 bridgehead atoms. The number of aromatic amines is 2. The average molecular weight is 380 g/mol. The zero-order valence-electron chi connectivity index (χ0n) is 14.8. The number of rotatable bonds is 6. The third-order valence-corrected chi connectivity index (χ3v) is 4.01. The van der Waals surface area contributed by atoms with E-state index < -0.39 is 17.6 Å². The lowest BCUT2D eigenvalue weighted by Gasteiger charge is -2.08. The summed E-state index contributed by atoms with van der Waals surface area (Å²) in [6.45, 7) is 1.73. The van der Waals surface area contributed by atoms with E-state index in [2.05, 4.69) is 30.5 Å². The van der Waals surface area contributed by atoms with Crippen molar-refractivity contribution in [2.45, 2.75) is 19.6 Å². The van der Waals surface area contributed by atoms with Crippen LogP contribution in [-0.4, -0.2) is 31.1 Å². The van der Waals surface area contributed by atoms with Crippen molar-refractivity contribution in [1.82, 2.24) is 30.5 Å². The number of hydrogen-bond donors (Lipinski definition) is 3. The van der Waals surface area contributed by atoms with Gasteiger partial charge in [-0.1, -0.05) is 18.2 Å². The number of carbonyl (C=O) groups excluding carboxylic acids is 1. The number of nitrogens with zero attached hydrogens (tertiary/aromatic N) is 3. The quantitative estimate of drug-likeness (QED) is 0.463. The summed E-state index contributed by atoms with van der Waals surface area (Å²) in [6.07, 6.45) is 2.94. The fourth-order valence-electron chi connectivity index (χ4n) is 2.64. The zero-order valence-corrected chi connectivity index (χ0v) is 14.8. The highest BCUT2D eigenvalue weighted by molar-refractivity contribution is 5.92. The van der Waals surface area contributed by atoms with Crippen molar-refractivity contribution >= 4 is 16.8 Å². The Kier molecular flexibility index (Phi) is 4.58. The van der Waals surface area contributed by atoms with Crippen LogP contribution in [0.25, 0.3) is 10.9 Å². The highest BCUT2D eigenvalue weighted by Gasteiger charge is 2.18. The fourth-order valence-corrected chi connectivity index (χ4v) is 2.64. The van der Waals surface area contributed by atoms with Gasteiger partial charge in [0, 0.05) is 11.6 Å². The molecular formula is C18H16N6O4. The Balaban J connectivity index is 1.41. The summed E-state index contributed by atoms with van der Waals surface area (Å²) in [4.78, 5) is 34.3. The molecule has 142 valence electrons. The average Bonchev–Trinajstić information content (AvgIpc) is 3.35. The Bertz CT molecular complexity index is 1170. The van der Waals surface area contributed by atoms with Crippen molar-refractivity contribution in [2.24, 2.45) is 0 Å². The number of para-hydroxylation sites is 1. The molecule has 28 heavy (non-hydrogen) atoms. The van der Waals surface area contributed by atoms with Crippen LogP contribution < -0.4 is 15.7 Å². The summed E-state index contributed by atoms with van der Waals surface area (Å²) in [7, 11) is 0. The minimum absolute atomic E-state index is 0.0468. The van der Waals surface area contributed by atoms with E-state index in [9.17, 15) is 9.59 Å². The van der Waals surface area contributed by atoms with Crippen molar-refractivity contribution in [3.05, 3.63) is 70.7 Å². The largest absolute Gasteiger partial charge is 0.482 e. The number of carbonyl (C=O) groups is 1. The molecule has 0 aliphatic heterocycles. The number of pyridine rings is 1. The lowest BCUT2D eigenvalue weighted by Crippen LogP contribution is -2.28. The molecule has 0 aliphatic carbocycles. The number of fused-ring (bicyclic) bond motifs is 1. The number of benzene rings is 1. The number of H-pyrrole nitrogens is 2. The lowest BCUT2D eigenvalue weighted by molar-refractivity contribution is 0.0933. The van der Waals surface area contributed by atoms with Gasteiger partial charge < -0.3 is 14.5 Å². The summed E-state index contributed by atoms with van der Waals surface area (Å²) in [6, 6.07) is 8.90. The van der Waals surface area contributed by atoms with E-state index in [1.165, 1.54) is 6.26 Å². The molecule has 10 heteroatoms. The second-order valence-corrected chi connectivity index (χ2v) is 6.00. The topological polar surface area (TPSA) is 139 Å². The molecule has 3 heterocycles. The first kappa shape index (κ1) is 17.5. The van der Waals surface area contributed by atoms with E-state index in [0.29, 0.717) is 11.6 Å². The van der Waals surface area contributed by atoms with Gasteiger partial charge in [0.15, 0.2) is 18.1 Å². The first-order valence-electron chi connectivity index (χ1n) is 8.46. The second kappa shape index (κ2) is 7.35. The monoisotopic (exact) mass is 380 g/mol. The third-order valence-electron chi connectivity index (χ3n) is 4.01. The van der Waals surface area contributed by atoms with Gasteiger partial charge in [0.05, 0.1) is 6.04 Å². The predicted octanol–water partition coefficient (Wildman–Crippen LogP) is 1.70. The number of nitrogens with one attached hydrogen (secondary N) is 3.